The lowest BCUT2D eigenvalue weighted by Gasteiger charge is -2.31. The molecule has 0 bridgehead atoms. The number of piperidine rings is 1. The SMILES string of the molecule is COC(=O)c1cc(Cl)c(NC(=O)CCN2CCC(OC(=O)Nc3ccccc3-c3ccsc3)CC2)cc1OC. The molecule has 206 valence electrons. The highest BCUT2D eigenvalue weighted by Crippen LogP contribution is 2.32. The van der Waals surface area contributed by atoms with E-state index >= 15 is 0 Å². The Morgan fingerprint density at radius 2 is 1.82 bits per heavy atom. The van der Waals surface area contributed by atoms with Gasteiger partial charge in [0.1, 0.15) is 17.4 Å². The number of carbonyl (C=O) groups is 3. The van der Waals surface area contributed by atoms with Crippen LogP contribution in [0, 0.1) is 0 Å². The molecule has 0 saturated carbocycles. The maximum atomic E-state index is 12.6. The smallest absolute Gasteiger partial charge is 0.411 e. The van der Waals surface area contributed by atoms with Crippen LogP contribution < -0.4 is 15.4 Å². The monoisotopic (exact) mass is 571 g/mol. The molecule has 2 heterocycles. The number of hydrogen-bond acceptors (Lipinski definition) is 8. The van der Waals surface area contributed by atoms with Gasteiger partial charge in [0.2, 0.25) is 5.91 Å². The molecular weight excluding hydrogens is 542 g/mol. The minimum atomic E-state index is -0.584. The predicted octanol–water partition coefficient (Wildman–Crippen LogP) is 5.91. The Morgan fingerprint density at radius 3 is 2.51 bits per heavy atom. The average molecular weight is 572 g/mol. The number of halogens is 1. The first-order valence-corrected chi connectivity index (χ1v) is 13.8. The molecule has 1 fully saturated rings. The number of rotatable bonds is 9. The number of likely N-dealkylation sites (tertiary alicyclic amines) is 1. The molecule has 39 heavy (non-hydrogen) atoms. The highest BCUT2D eigenvalue weighted by atomic mass is 35.5. The quantitative estimate of drug-likeness (QED) is 0.308. The number of nitrogens with one attached hydrogen (secondary N) is 2. The zero-order valence-corrected chi connectivity index (χ0v) is 23.3. The normalized spacial score (nSPS) is 13.9. The minimum Gasteiger partial charge on any atom is -0.496 e. The van der Waals surface area contributed by atoms with Gasteiger partial charge >= 0.3 is 12.1 Å². The van der Waals surface area contributed by atoms with E-state index < -0.39 is 12.1 Å². The molecule has 2 amide bonds. The van der Waals surface area contributed by atoms with E-state index in [9.17, 15) is 14.4 Å². The summed E-state index contributed by atoms with van der Waals surface area (Å²) < 4.78 is 15.6. The Morgan fingerprint density at radius 1 is 1.05 bits per heavy atom. The molecule has 3 aromatic rings. The number of hydrogen-bond donors (Lipinski definition) is 2. The van der Waals surface area contributed by atoms with Gasteiger partial charge in [0.15, 0.2) is 0 Å². The van der Waals surface area contributed by atoms with E-state index in [1.165, 1.54) is 26.4 Å². The molecule has 1 aliphatic heterocycles. The average Bonchev–Trinajstić information content (AvgIpc) is 3.48. The van der Waals surface area contributed by atoms with Gasteiger partial charge in [-0.15, -0.1) is 0 Å². The second-order valence-corrected chi connectivity index (χ2v) is 10.1. The summed E-state index contributed by atoms with van der Waals surface area (Å²) in [5, 5.41) is 9.89. The molecule has 1 aromatic heterocycles. The van der Waals surface area contributed by atoms with E-state index in [1.54, 1.807) is 11.3 Å². The lowest BCUT2D eigenvalue weighted by Crippen LogP contribution is -2.39. The first-order valence-electron chi connectivity index (χ1n) is 12.4. The van der Waals surface area contributed by atoms with Crippen molar-refractivity contribution in [1.82, 2.24) is 4.90 Å². The maximum absolute atomic E-state index is 12.6. The van der Waals surface area contributed by atoms with E-state index in [0.29, 0.717) is 43.9 Å². The Labute approximate surface area is 236 Å². The molecule has 9 nitrogen and oxygen atoms in total. The van der Waals surface area contributed by atoms with Gasteiger partial charge in [0.05, 0.1) is 30.6 Å². The van der Waals surface area contributed by atoms with E-state index in [2.05, 4.69) is 15.5 Å². The van der Waals surface area contributed by atoms with Gasteiger partial charge in [-0.3, -0.25) is 10.1 Å². The van der Waals surface area contributed by atoms with Crippen molar-refractivity contribution >= 4 is 52.3 Å². The Hall–Kier alpha value is -3.60. The minimum absolute atomic E-state index is 0.174. The summed E-state index contributed by atoms with van der Waals surface area (Å²) in [5.74, 6) is -0.547. The van der Waals surface area contributed by atoms with Crippen LogP contribution in [0.4, 0.5) is 16.2 Å². The predicted molar refractivity (Wildman–Crippen MR) is 152 cm³/mol. The molecule has 11 heteroatoms. The maximum Gasteiger partial charge on any atom is 0.411 e. The number of nitrogens with zero attached hydrogens (tertiary/aromatic N) is 1. The zero-order valence-electron chi connectivity index (χ0n) is 21.7. The van der Waals surface area contributed by atoms with E-state index in [1.807, 2.05) is 41.1 Å². The number of methoxy groups -OCH3 is 2. The molecule has 1 saturated heterocycles. The first kappa shape index (κ1) is 28.4. The van der Waals surface area contributed by atoms with Gasteiger partial charge in [0.25, 0.3) is 0 Å². The summed E-state index contributed by atoms with van der Waals surface area (Å²) in [7, 11) is 2.68. The summed E-state index contributed by atoms with van der Waals surface area (Å²) in [6.45, 7) is 1.96. The van der Waals surface area contributed by atoms with E-state index in [4.69, 9.17) is 25.8 Å². The molecule has 2 N–H and O–H groups in total. The van der Waals surface area contributed by atoms with Crippen molar-refractivity contribution in [2.45, 2.75) is 25.4 Å². The van der Waals surface area contributed by atoms with Gasteiger partial charge in [-0.1, -0.05) is 29.8 Å². The fourth-order valence-corrected chi connectivity index (χ4v) is 5.23. The van der Waals surface area contributed by atoms with Gasteiger partial charge in [-0.05, 0) is 47.4 Å². The third-order valence-electron chi connectivity index (χ3n) is 6.43. The zero-order chi connectivity index (χ0) is 27.8. The van der Waals surface area contributed by atoms with Gasteiger partial charge in [-0.2, -0.15) is 11.3 Å². The lowest BCUT2D eigenvalue weighted by atomic mass is 10.1. The highest BCUT2D eigenvalue weighted by Gasteiger charge is 2.24. The fourth-order valence-electron chi connectivity index (χ4n) is 4.36. The third kappa shape index (κ3) is 7.50. The van der Waals surface area contributed by atoms with Gasteiger partial charge in [-0.25, -0.2) is 9.59 Å². The number of ether oxygens (including phenoxy) is 3. The number of carbonyl (C=O) groups excluding carboxylic acids is 3. The summed E-state index contributed by atoms with van der Waals surface area (Å²) in [6.07, 6.45) is 0.949. The summed E-state index contributed by atoms with van der Waals surface area (Å²) >= 11 is 7.86. The number of thiophene rings is 1. The van der Waals surface area contributed by atoms with Crippen molar-refractivity contribution in [2.24, 2.45) is 0 Å². The second-order valence-electron chi connectivity index (χ2n) is 8.95. The number of benzene rings is 2. The van der Waals surface area contributed by atoms with Crippen molar-refractivity contribution in [2.75, 3.05) is 44.5 Å². The van der Waals surface area contributed by atoms with Crippen LogP contribution in [0.3, 0.4) is 0 Å². The van der Waals surface area contributed by atoms with Crippen LogP contribution in [-0.4, -0.2) is 62.8 Å². The van der Waals surface area contributed by atoms with Crippen LogP contribution in [0.15, 0.2) is 53.2 Å². The van der Waals surface area contributed by atoms with Crippen molar-refractivity contribution in [3.05, 3.63) is 63.8 Å². The summed E-state index contributed by atoms with van der Waals surface area (Å²) in [5.41, 5.74) is 3.23. The molecule has 4 rings (SSSR count). The topological polar surface area (TPSA) is 106 Å². The second kappa shape index (κ2) is 13.5. The van der Waals surface area contributed by atoms with Gasteiger partial charge < -0.3 is 24.4 Å². The fraction of sp³-hybridized carbons (Fsp3) is 0.321. The number of para-hydroxylation sites is 1. The lowest BCUT2D eigenvalue weighted by molar-refractivity contribution is -0.116. The molecule has 0 unspecified atom stereocenters. The van der Waals surface area contributed by atoms with E-state index in [0.717, 1.165) is 11.1 Å². The number of esters is 1. The standard InChI is InChI=1S/C28H30ClN3O6S/c1-36-25-16-24(22(29)15-21(25)27(34)37-2)30-26(33)9-13-32-11-7-19(8-12-32)38-28(35)31-23-6-4-3-5-20(23)18-10-14-39-17-18/h3-6,10,14-17,19H,7-9,11-13H2,1-2H3,(H,30,33)(H,31,35). The Bertz CT molecular complexity index is 1310. The molecular formula is C28H30ClN3O6S. The van der Waals surface area contributed by atoms with Crippen LogP contribution >= 0.6 is 22.9 Å². The van der Waals surface area contributed by atoms with E-state index in [-0.39, 0.29) is 34.8 Å². The molecule has 0 atom stereocenters. The molecule has 0 radical (unpaired) electrons. The van der Waals surface area contributed by atoms with Crippen LogP contribution in [0.2, 0.25) is 5.02 Å². The van der Waals surface area contributed by atoms with Crippen molar-refractivity contribution in [3.63, 3.8) is 0 Å². The van der Waals surface area contributed by atoms with Crippen molar-refractivity contribution < 1.29 is 28.6 Å². The van der Waals surface area contributed by atoms with Gasteiger partial charge in [0, 0.05) is 37.7 Å². The molecule has 2 aromatic carbocycles. The Kier molecular flexibility index (Phi) is 9.80. The van der Waals surface area contributed by atoms with Crippen LogP contribution in [-0.2, 0) is 14.3 Å². The number of anilines is 2. The molecule has 0 spiro atoms. The van der Waals surface area contributed by atoms with Crippen LogP contribution in [0.25, 0.3) is 11.1 Å². The van der Waals surface area contributed by atoms with Crippen molar-refractivity contribution in [1.29, 1.82) is 0 Å². The number of amides is 2. The third-order valence-corrected chi connectivity index (χ3v) is 7.42. The summed E-state index contributed by atoms with van der Waals surface area (Å²) in [6, 6.07) is 12.6. The molecule has 0 aliphatic carbocycles. The Balaban J connectivity index is 1.22. The largest absolute Gasteiger partial charge is 0.496 e. The highest BCUT2D eigenvalue weighted by molar-refractivity contribution is 7.08. The van der Waals surface area contributed by atoms with Crippen LogP contribution in [0.5, 0.6) is 5.75 Å². The van der Waals surface area contributed by atoms with Crippen molar-refractivity contribution in [3.8, 4) is 16.9 Å². The van der Waals surface area contributed by atoms with Crippen LogP contribution in [0.1, 0.15) is 29.6 Å². The first-order chi connectivity index (χ1) is 18.9. The summed E-state index contributed by atoms with van der Waals surface area (Å²) in [4.78, 5) is 39.2. The molecule has 1 aliphatic rings.